The fraction of sp³-hybridized carbons (Fsp3) is 0.632. The summed E-state index contributed by atoms with van der Waals surface area (Å²) >= 11 is 0. The molecule has 4 heteroatoms. The van der Waals surface area contributed by atoms with Crippen LogP contribution in [0, 0.1) is 0 Å². The molecule has 0 spiro atoms. The number of carbonyl (C=O) groups excluding carboxylic acids is 1. The van der Waals surface area contributed by atoms with Gasteiger partial charge in [0.05, 0.1) is 12.6 Å². The molecule has 23 heavy (non-hydrogen) atoms. The van der Waals surface area contributed by atoms with Gasteiger partial charge in [-0.25, -0.2) is 0 Å². The fourth-order valence-corrected chi connectivity index (χ4v) is 2.63. The SMILES string of the molecule is CCCCCCCCCC(=O)N[C@@H](CO)[C@H](O)c1ccccc1. The largest absolute Gasteiger partial charge is 0.394 e. The molecule has 1 aromatic rings. The van der Waals surface area contributed by atoms with Crippen molar-refractivity contribution in [1.29, 1.82) is 0 Å². The van der Waals surface area contributed by atoms with Crippen LogP contribution in [-0.2, 0) is 4.79 Å². The van der Waals surface area contributed by atoms with E-state index < -0.39 is 12.1 Å². The van der Waals surface area contributed by atoms with Gasteiger partial charge in [-0.2, -0.15) is 0 Å². The number of benzene rings is 1. The molecule has 1 amide bonds. The molecule has 0 heterocycles. The molecule has 0 unspecified atom stereocenters. The fourth-order valence-electron chi connectivity index (χ4n) is 2.63. The molecule has 2 atom stereocenters. The monoisotopic (exact) mass is 321 g/mol. The van der Waals surface area contributed by atoms with Gasteiger partial charge in [0.15, 0.2) is 0 Å². The summed E-state index contributed by atoms with van der Waals surface area (Å²) in [5.41, 5.74) is 0.697. The number of rotatable bonds is 12. The molecule has 130 valence electrons. The quantitative estimate of drug-likeness (QED) is 0.517. The Balaban J connectivity index is 2.25. The summed E-state index contributed by atoms with van der Waals surface area (Å²) < 4.78 is 0. The molecule has 3 N–H and O–H groups in total. The van der Waals surface area contributed by atoms with E-state index in [1.165, 1.54) is 32.1 Å². The molecular formula is C19H31NO3. The van der Waals surface area contributed by atoms with Crippen LogP contribution in [0.2, 0.25) is 0 Å². The number of unbranched alkanes of at least 4 members (excludes halogenated alkanes) is 6. The summed E-state index contributed by atoms with van der Waals surface area (Å²) in [5, 5.41) is 22.4. The number of carbonyl (C=O) groups is 1. The van der Waals surface area contributed by atoms with Crippen LogP contribution in [0.15, 0.2) is 30.3 Å². The van der Waals surface area contributed by atoms with E-state index in [1.807, 2.05) is 18.2 Å². The van der Waals surface area contributed by atoms with Crippen LogP contribution in [0.1, 0.15) is 70.0 Å². The summed E-state index contributed by atoms with van der Waals surface area (Å²) in [6.07, 6.45) is 7.69. The molecule has 0 radical (unpaired) electrons. The normalized spacial score (nSPS) is 13.5. The van der Waals surface area contributed by atoms with Gasteiger partial charge < -0.3 is 15.5 Å². The number of nitrogens with one attached hydrogen (secondary N) is 1. The van der Waals surface area contributed by atoms with E-state index in [1.54, 1.807) is 12.1 Å². The van der Waals surface area contributed by atoms with Gasteiger partial charge in [0.25, 0.3) is 0 Å². The molecule has 0 aliphatic carbocycles. The third-order valence-corrected chi connectivity index (χ3v) is 4.07. The van der Waals surface area contributed by atoms with E-state index in [2.05, 4.69) is 12.2 Å². The summed E-state index contributed by atoms with van der Waals surface area (Å²) in [4.78, 5) is 11.9. The number of hydrogen-bond acceptors (Lipinski definition) is 3. The van der Waals surface area contributed by atoms with E-state index in [-0.39, 0.29) is 12.5 Å². The maximum atomic E-state index is 11.9. The van der Waals surface area contributed by atoms with Crippen LogP contribution < -0.4 is 5.32 Å². The maximum Gasteiger partial charge on any atom is 0.220 e. The summed E-state index contributed by atoms with van der Waals surface area (Å²) in [6.45, 7) is 1.92. The van der Waals surface area contributed by atoms with E-state index in [0.29, 0.717) is 12.0 Å². The van der Waals surface area contributed by atoms with Crippen molar-refractivity contribution in [3.05, 3.63) is 35.9 Å². The first-order valence-corrected chi connectivity index (χ1v) is 8.82. The first kappa shape index (κ1) is 19.7. The Morgan fingerprint density at radius 2 is 1.65 bits per heavy atom. The van der Waals surface area contributed by atoms with Gasteiger partial charge in [0, 0.05) is 6.42 Å². The number of hydrogen-bond donors (Lipinski definition) is 3. The number of aliphatic hydroxyl groups is 2. The van der Waals surface area contributed by atoms with Gasteiger partial charge in [0.1, 0.15) is 6.10 Å². The van der Waals surface area contributed by atoms with Crippen molar-refractivity contribution in [2.24, 2.45) is 0 Å². The van der Waals surface area contributed by atoms with Gasteiger partial charge in [-0.05, 0) is 12.0 Å². The Morgan fingerprint density at radius 3 is 2.26 bits per heavy atom. The standard InChI is InChI=1S/C19H31NO3/c1-2-3-4-5-6-7-11-14-18(22)20-17(15-21)19(23)16-12-9-8-10-13-16/h8-10,12-13,17,19,21,23H,2-7,11,14-15H2,1H3,(H,20,22)/t17-,19+/m0/s1. The zero-order valence-electron chi connectivity index (χ0n) is 14.2. The molecule has 0 bridgehead atoms. The molecular weight excluding hydrogens is 290 g/mol. The van der Waals surface area contributed by atoms with Crippen molar-refractivity contribution in [2.45, 2.75) is 70.4 Å². The summed E-state index contributed by atoms with van der Waals surface area (Å²) in [6, 6.07) is 8.43. The lowest BCUT2D eigenvalue weighted by atomic mass is 10.0. The molecule has 1 aromatic carbocycles. The number of aliphatic hydroxyl groups excluding tert-OH is 2. The third kappa shape index (κ3) is 8.14. The highest BCUT2D eigenvalue weighted by atomic mass is 16.3. The van der Waals surface area contributed by atoms with Crippen molar-refractivity contribution in [3.63, 3.8) is 0 Å². The Kier molecular flexibility index (Phi) is 10.3. The highest BCUT2D eigenvalue weighted by Crippen LogP contribution is 2.16. The third-order valence-electron chi connectivity index (χ3n) is 4.07. The van der Waals surface area contributed by atoms with Crippen LogP contribution >= 0.6 is 0 Å². The van der Waals surface area contributed by atoms with Crippen LogP contribution in [-0.4, -0.2) is 28.8 Å². The molecule has 0 saturated carbocycles. The zero-order chi connectivity index (χ0) is 16.9. The molecule has 4 nitrogen and oxygen atoms in total. The molecule has 0 aliphatic heterocycles. The van der Waals surface area contributed by atoms with Gasteiger partial charge in [-0.1, -0.05) is 75.8 Å². The summed E-state index contributed by atoms with van der Waals surface area (Å²) in [5.74, 6) is -0.104. The Bertz CT molecular complexity index is 422. The Labute approximate surface area is 139 Å². The van der Waals surface area contributed by atoms with Crippen LogP contribution in [0.3, 0.4) is 0 Å². The van der Waals surface area contributed by atoms with Crippen LogP contribution in [0.4, 0.5) is 0 Å². The van der Waals surface area contributed by atoms with E-state index >= 15 is 0 Å². The lowest BCUT2D eigenvalue weighted by molar-refractivity contribution is -0.123. The topological polar surface area (TPSA) is 69.6 Å². The van der Waals surface area contributed by atoms with E-state index in [4.69, 9.17) is 0 Å². The van der Waals surface area contributed by atoms with Crippen molar-refractivity contribution in [3.8, 4) is 0 Å². The maximum absolute atomic E-state index is 11.9. The average Bonchev–Trinajstić information content (AvgIpc) is 2.59. The summed E-state index contributed by atoms with van der Waals surface area (Å²) in [7, 11) is 0. The molecule has 1 rings (SSSR count). The van der Waals surface area contributed by atoms with Crippen molar-refractivity contribution in [2.75, 3.05) is 6.61 Å². The molecule has 0 saturated heterocycles. The minimum Gasteiger partial charge on any atom is -0.394 e. The molecule has 0 fully saturated rings. The molecule has 0 aliphatic rings. The minimum absolute atomic E-state index is 0.104. The first-order chi connectivity index (χ1) is 11.2. The van der Waals surface area contributed by atoms with Gasteiger partial charge in [-0.15, -0.1) is 0 Å². The minimum atomic E-state index is -0.890. The van der Waals surface area contributed by atoms with E-state index in [0.717, 1.165) is 12.8 Å². The van der Waals surface area contributed by atoms with Crippen molar-refractivity contribution >= 4 is 5.91 Å². The second kappa shape index (κ2) is 12.1. The predicted octanol–water partition coefficient (Wildman–Crippen LogP) is 3.34. The Hall–Kier alpha value is -1.39. The van der Waals surface area contributed by atoms with Crippen molar-refractivity contribution in [1.82, 2.24) is 5.32 Å². The van der Waals surface area contributed by atoms with Gasteiger partial charge in [0.2, 0.25) is 5.91 Å². The van der Waals surface area contributed by atoms with Gasteiger partial charge in [-0.3, -0.25) is 4.79 Å². The van der Waals surface area contributed by atoms with Crippen LogP contribution in [0.5, 0.6) is 0 Å². The average molecular weight is 321 g/mol. The smallest absolute Gasteiger partial charge is 0.220 e. The second-order valence-corrected chi connectivity index (χ2v) is 6.08. The van der Waals surface area contributed by atoms with E-state index in [9.17, 15) is 15.0 Å². The first-order valence-electron chi connectivity index (χ1n) is 8.82. The highest BCUT2D eigenvalue weighted by molar-refractivity contribution is 5.76. The lowest BCUT2D eigenvalue weighted by Gasteiger charge is -2.22. The lowest BCUT2D eigenvalue weighted by Crippen LogP contribution is -2.41. The second-order valence-electron chi connectivity index (χ2n) is 6.08. The van der Waals surface area contributed by atoms with Crippen LogP contribution in [0.25, 0.3) is 0 Å². The molecule has 0 aromatic heterocycles. The zero-order valence-corrected chi connectivity index (χ0v) is 14.2. The Morgan fingerprint density at radius 1 is 1.04 bits per heavy atom. The van der Waals surface area contributed by atoms with Gasteiger partial charge >= 0.3 is 0 Å². The highest BCUT2D eigenvalue weighted by Gasteiger charge is 2.21. The number of amides is 1. The van der Waals surface area contributed by atoms with Crippen molar-refractivity contribution < 1.29 is 15.0 Å². The predicted molar refractivity (Wildman–Crippen MR) is 93.0 cm³/mol.